The van der Waals surface area contributed by atoms with Gasteiger partial charge in [-0.05, 0) is 13.8 Å². The Bertz CT molecular complexity index is 143. The minimum absolute atomic E-state index is 0. The molecule has 0 fully saturated rings. The monoisotopic (exact) mass is 160 g/mol. The van der Waals surface area contributed by atoms with Crippen molar-refractivity contribution in [3.8, 4) is 0 Å². The van der Waals surface area contributed by atoms with Gasteiger partial charge in [-0.2, -0.15) is 0 Å². The molecule has 0 aliphatic heterocycles. The van der Waals surface area contributed by atoms with Gasteiger partial charge in [-0.1, -0.05) is 0 Å². The molecule has 1 aromatic heterocycles. The van der Waals surface area contributed by atoms with Crippen molar-refractivity contribution in [3.05, 3.63) is 17.7 Å². The SMILES string of the molecule is Cc1c[nH]c(C)n1.[Zn]. The Balaban J connectivity index is 0.000000490. The van der Waals surface area contributed by atoms with Gasteiger partial charge < -0.3 is 4.98 Å². The molecule has 0 atom stereocenters. The predicted octanol–water partition coefficient (Wildman–Crippen LogP) is 1.02. The van der Waals surface area contributed by atoms with Crippen molar-refractivity contribution in [2.24, 2.45) is 0 Å². The first-order chi connectivity index (χ1) is 3.29. The van der Waals surface area contributed by atoms with Crippen molar-refractivity contribution in [1.29, 1.82) is 0 Å². The van der Waals surface area contributed by atoms with E-state index in [4.69, 9.17) is 0 Å². The molecule has 3 heteroatoms. The molecule has 0 amide bonds. The molecule has 0 unspecified atom stereocenters. The molecule has 8 heavy (non-hydrogen) atoms. The number of aromatic amines is 1. The number of hydrogen-bond acceptors (Lipinski definition) is 1. The van der Waals surface area contributed by atoms with Crippen molar-refractivity contribution in [1.82, 2.24) is 9.97 Å². The Morgan fingerprint density at radius 3 is 2.25 bits per heavy atom. The molecule has 1 rings (SSSR count). The Morgan fingerprint density at radius 1 is 1.50 bits per heavy atom. The molecule has 0 bridgehead atoms. The fraction of sp³-hybridized carbons (Fsp3) is 0.400. The Morgan fingerprint density at radius 2 is 2.12 bits per heavy atom. The summed E-state index contributed by atoms with van der Waals surface area (Å²) in [6.07, 6.45) is 1.88. The van der Waals surface area contributed by atoms with E-state index in [1.807, 2.05) is 20.0 Å². The second kappa shape index (κ2) is 2.98. The number of rotatable bonds is 0. The maximum Gasteiger partial charge on any atom is 0.103 e. The zero-order valence-electron chi connectivity index (χ0n) is 5.23. The standard InChI is InChI=1S/C5H8N2.Zn/c1-4-3-6-5(2)7-4;/h3H,1-2H3,(H,6,7);. The van der Waals surface area contributed by atoms with E-state index in [1.165, 1.54) is 0 Å². The van der Waals surface area contributed by atoms with Crippen LogP contribution < -0.4 is 0 Å². The van der Waals surface area contributed by atoms with Crippen LogP contribution in [0.25, 0.3) is 0 Å². The van der Waals surface area contributed by atoms with Crippen molar-refractivity contribution < 1.29 is 19.5 Å². The number of aryl methyl sites for hydroxylation is 2. The summed E-state index contributed by atoms with van der Waals surface area (Å²) in [5, 5.41) is 0. The number of nitrogens with zero attached hydrogens (tertiary/aromatic N) is 1. The van der Waals surface area contributed by atoms with Gasteiger partial charge in [-0.15, -0.1) is 0 Å². The van der Waals surface area contributed by atoms with E-state index in [9.17, 15) is 0 Å². The average molecular weight is 162 g/mol. The first-order valence-electron chi connectivity index (χ1n) is 2.27. The van der Waals surface area contributed by atoms with E-state index in [2.05, 4.69) is 9.97 Å². The van der Waals surface area contributed by atoms with Crippen molar-refractivity contribution in [2.75, 3.05) is 0 Å². The molecule has 40 valence electrons. The van der Waals surface area contributed by atoms with Crippen LogP contribution in [-0.2, 0) is 19.5 Å². The summed E-state index contributed by atoms with van der Waals surface area (Å²) < 4.78 is 0. The molecule has 0 aliphatic rings. The van der Waals surface area contributed by atoms with E-state index in [0.717, 1.165) is 11.5 Å². The molecule has 0 aliphatic carbocycles. The van der Waals surface area contributed by atoms with Crippen LogP contribution in [0.4, 0.5) is 0 Å². The van der Waals surface area contributed by atoms with Crippen LogP contribution in [-0.4, -0.2) is 9.97 Å². The molecule has 0 saturated heterocycles. The number of nitrogens with one attached hydrogen (secondary N) is 1. The van der Waals surface area contributed by atoms with Crippen LogP contribution >= 0.6 is 0 Å². The van der Waals surface area contributed by atoms with Crippen molar-refractivity contribution in [2.45, 2.75) is 13.8 Å². The molecular weight excluding hydrogens is 153 g/mol. The van der Waals surface area contributed by atoms with Crippen molar-refractivity contribution >= 4 is 0 Å². The third-order valence-electron chi connectivity index (χ3n) is 0.834. The van der Waals surface area contributed by atoms with Gasteiger partial charge in [-0.3, -0.25) is 0 Å². The summed E-state index contributed by atoms with van der Waals surface area (Å²) in [6, 6.07) is 0. The first kappa shape index (κ1) is 7.83. The fourth-order valence-electron chi connectivity index (χ4n) is 0.538. The number of hydrogen-bond donors (Lipinski definition) is 1. The van der Waals surface area contributed by atoms with Gasteiger partial charge in [0.2, 0.25) is 0 Å². The van der Waals surface area contributed by atoms with Crippen LogP contribution in [0.3, 0.4) is 0 Å². The zero-order chi connectivity index (χ0) is 5.28. The van der Waals surface area contributed by atoms with E-state index >= 15 is 0 Å². The first-order valence-corrected chi connectivity index (χ1v) is 2.27. The van der Waals surface area contributed by atoms with Crippen molar-refractivity contribution in [3.63, 3.8) is 0 Å². The normalized spacial score (nSPS) is 8.25. The van der Waals surface area contributed by atoms with Gasteiger partial charge in [0.25, 0.3) is 0 Å². The van der Waals surface area contributed by atoms with Gasteiger partial charge in [0, 0.05) is 25.7 Å². The summed E-state index contributed by atoms with van der Waals surface area (Å²) in [4.78, 5) is 7.01. The zero-order valence-corrected chi connectivity index (χ0v) is 8.20. The third-order valence-corrected chi connectivity index (χ3v) is 0.834. The number of H-pyrrole nitrogens is 1. The van der Waals surface area contributed by atoms with E-state index < -0.39 is 0 Å². The average Bonchev–Trinajstić information content (AvgIpc) is 1.87. The van der Waals surface area contributed by atoms with Crippen LogP contribution in [0, 0.1) is 13.8 Å². The number of aromatic nitrogens is 2. The minimum Gasteiger partial charge on any atom is -0.349 e. The summed E-state index contributed by atoms with van der Waals surface area (Å²) in [7, 11) is 0. The molecule has 0 radical (unpaired) electrons. The maximum atomic E-state index is 4.06. The molecule has 1 aromatic rings. The van der Waals surface area contributed by atoms with Gasteiger partial charge in [0.15, 0.2) is 0 Å². The Kier molecular flexibility index (Phi) is 2.92. The van der Waals surface area contributed by atoms with E-state index in [0.29, 0.717) is 0 Å². The Hall–Kier alpha value is -0.167. The van der Waals surface area contributed by atoms with Gasteiger partial charge in [-0.25, -0.2) is 4.98 Å². The molecule has 0 saturated carbocycles. The summed E-state index contributed by atoms with van der Waals surface area (Å²) in [5.41, 5.74) is 1.05. The maximum absolute atomic E-state index is 4.06. The molecular formula is C5H8N2Zn. The van der Waals surface area contributed by atoms with Gasteiger partial charge >= 0.3 is 0 Å². The fourth-order valence-corrected chi connectivity index (χ4v) is 0.538. The van der Waals surface area contributed by atoms with Crippen LogP contribution in [0.15, 0.2) is 6.20 Å². The van der Waals surface area contributed by atoms with Gasteiger partial charge in [0.1, 0.15) is 5.82 Å². The predicted molar refractivity (Wildman–Crippen MR) is 28.1 cm³/mol. The summed E-state index contributed by atoms with van der Waals surface area (Å²) >= 11 is 0. The Labute approximate surface area is 61.5 Å². The topological polar surface area (TPSA) is 28.7 Å². The molecule has 1 heterocycles. The summed E-state index contributed by atoms with van der Waals surface area (Å²) in [6.45, 7) is 3.90. The smallest absolute Gasteiger partial charge is 0.103 e. The largest absolute Gasteiger partial charge is 0.349 e. The second-order valence-electron chi connectivity index (χ2n) is 1.63. The third kappa shape index (κ3) is 1.75. The minimum atomic E-state index is 0. The second-order valence-corrected chi connectivity index (χ2v) is 1.63. The molecule has 0 spiro atoms. The van der Waals surface area contributed by atoms with Crippen LogP contribution in [0.1, 0.15) is 11.5 Å². The molecule has 0 aromatic carbocycles. The molecule has 2 nitrogen and oxygen atoms in total. The van der Waals surface area contributed by atoms with Crippen LogP contribution in [0.2, 0.25) is 0 Å². The van der Waals surface area contributed by atoms with E-state index in [-0.39, 0.29) is 19.5 Å². The number of imidazole rings is 1. The van der Waals surface area contributed by atoms with E-state index in [1.54, 1.807) is 0 Å². The quantitative estimate of drug-likeness (QED) is 0.566. The van der Waals surface area contributed by atoms with Gasteiger partial charge in [0.05, 0.1) is 5.69 Å². The van der Waals surface area contributed by atoms with Crippen LogP contribution in [0.5, 0.6) is 0 Å². The summed E-state index contributed by atoms with van der Waals surface area (Å²) in [5.74, 6) is 0.984. The molecule has 1 N–H and O–H groups in total.